The highest BCUT2D eigenvalue weighted by Crippen LogP contribution is 2.32. The first kappa shape index (κ1) is 16.8. The van der Waals surface area contributed by atoms with E-state index in [0.29, 0.717) is 17.1 Å². The van der Waals surface area contributed by atoms with Gasteiger partial charge in [0.05, 0.1) is 5.69 Å². The van der Waals surface area contributed by atoms with Crippen LogP contribution in [-0.2, 0) is 0 Å². The molecule has 6 heteroatoms. The van der Waals surface area contributed by atoms with Crippen LogP contribution in [0.5, 0.6) is 5.75 Å². The van der Waals surface area contributed by atoms with Gasteiger partial charge in [-0.05, 0) is 30.3 Å². The maximum atomic E-state index is 14.5. The summed E-state index contributed by atoms with van der Waals surface area (Å²) in [5.74, 6) is 0.166. The molecule has 4 aromatic rings. The number of para-hydroxylation sites is 2. The second kappa shape index (κ2) is 7.29. The van der Waals surface area contributed by atoms with Crippen molar-refractivity contribution < 1.29 is 13.9 Å². The van der Waals surface area contributed by atoms with Crippen LogP contribution >= 0.6 is 0 Å². The number of nitrogens with zero attached hydrogens (tertiary/aromatic N) is 2. The largest absolute Gasteiger partial charge is 0.506 e. The lowest BCUT2D eigenvalue weighted by molar-refractivity contribution is 0.470. The number of halogens is 1. The molecule has 4 rings (SSSR count). The van der Waals surface area contributed by atoms with E-state index < -0.39 is 11.9 Å². The van der Waals surface area contributed by atoms with E-state index in [1.165, 1.54) is 6.07 Å². The molecule has 0 fully saturated rings. The number of nitrogens with one attached hydrogen (secondary N) is 1. The smallest absolute Gasteiger partial charge is 0.247 e. The zero-order chi connectivity index (χ0) is 18.6. The summed E-state index contributed by atoms with van der Waals surface area (Å²) in [5.41, 5.74) is 1.54. The van der Waals surface area contributed by atoms with Crippen LogP contribution in [0.25, 0.3) is 11.5 Å². The normalized spacial score (nSPS) is 11.9. The van der Waals surface area contributed by atoms with Crippen molar-refractivity contribution in [1.29, 1.82) is 0 Å². The molecule has 1 atom stereocenters. The summed E-state index contributed by atoms with van der Waals surface area (Å²) in [6, 6.07) is 21.6. The Labute approximate surface area is 155 Å². The minimum atomic E-state index is -0.760. The maximum Gasteiger partial charge on any atom is 0.247 e. The van der Waals surface area contributed by atoms with Crippen molar-refractivity contribution in [3.05, 3.63) is 96.1 Å². The molecule has 0 spiro atoms. The molecule has 0 radical (unpaired) electrons. The minimum Gasteiger partial charge on any atom is -0.506 e. The Morgan fingerprint density at radius 3 is 2.33 bits per heavy atom. The van der Waals surface area contributed by atoms with Crippen LogP contribution in [0.4, 0.5) is 10.1 Å². The van der Waals surface area contributed by atoms with Gasteiger partial charge in [-0.15, -0.1) is 10.2 Å². The van der Waals surface area contributed by atoms with Crippen molar-refractivity contribution in [3.8, 4) is 17.2 Å². The summed E-state index contributed by atoms with van der Waals surface area (Å²) in [4.78, 5) is 0. The van der Waals surface area contributed by atoms with Gasteiger partial charge in [-0.3, -0.25) is 0 Å². The summed E-state index contributed by atoms with van der Waals surface area (Å²) in [6.45, 7) is 0. The molecule has 27 heavy (non-hydrogen) atoms. The van der Waals surface area contributed by atoms with E-state index in [1.54, 1.807) is 42.5 Å². The molecule has 0 saturated carbocycles. The third-order valence-corrected chi connectivity index (χ3v) is 4.13. The molecule has 0 bridgehead atoms. The van der Waals surface area contributed by atoms with E-state index in [2.05, 4.69) is 15.5 Å². The average Bonchev–Trinajstić information content (AvgIpc) is 3.19. The van der Waals surface area contributed by atoms with Crippen LogP contribution in [0.3, 0.4) is 0 Å². The molecule has 1 heterocycles. The number of hydrogen-bond acceptors (Lipinski definition) is 5. The number of benzene rings is 3. The second-order valence-electron chi connectivity index (χ2n) is 5.93. The summed E-state index contributed by atoms with van der Waals surface area (Å²) in [7, 11) is 0. The summed E-state index contributed by atoms with van der Waals surface area (Å²) >= 11 is 0. The lowest BCUT2D eigenvalue weighted by Gasteiger charge is -2.18. The van der Waals surface area contributed by atoms with Crippen LogP contribution in [0.1, 0.15) is 17.5 Å². The monoisotopic (exact) mass is 361 g/mol. The second-order valence-corrected chi connectivity index (χ2v) is 5.93. The Bertz CT molecular complexity index is 1050. The Hall–Kier alpha value is -3.67. The molecule has 0 saturated heterocycles. The summed E-state index contributed by atoms with van der Waals surface area (Å²) in [5, 5.41) is 21.4. The Morgan fingerprint density at radius 1 is 0.852 bits per heavy atom. The predicted octanol–water partition coefficient (Wildman–Crippen LogP) is 4.78. The number of phenolic OH excluding ortho intramolecular Hbond substituents is 1. The van der Waals surface area contributed by atoms with E-state index in [1.807, 2.05) is 30.3 Å². The fourth-order valence-corrected chi connectivity index (χ4v) is 2.78. The van der Waals surface area contributed by atoms with Gasteiger partial charge in [0.15, 0.2) is 0 Å². The van der Waals surface area contributed by atoms with Gasteiger partial charge >= 0.3 is 0 Å². The maximum absolute atomic E-state index is 14.5. The minimum absolute atomic E-state index is 0.0432. The van der Waals surface area contributed by atoms with E-state index in [4.69, 9.17) is 4.42 Å². The molecular formula is C21H16FN3O2. The van der Waals surface area contributed by atoms with Gasteiger partial charge in [0.2, 0.25) is 11.8 Å². The topological polar surface area (TPSA) is 71.2 Å². The number of rotatable bonds is 5. The summed E-state index contributed by atoms with van der Waals surface area (Å²) in [6.07, 6.45) is 0. The van der Waals surface area contributed by atoms with Crippen LogP contribution in [0, 0.1) is 5.82 Å². The van der Waals surface area contributed by atoms with Crippen LogP contribution in [-0.4, -0.2) is 15.3 Å². The zero-order valence-electron chi connectivity index (χ0n) is 14.2. The number of aromatic nitrogens is 2. The van der Waals surface area contributed by atoms with Crippen molar-refractivity contribution in [2.45, 2.75) is 6.04 Å². The molecule has 134 valence electrons. The van der Waals surface area contributed by atoms with Crippen molar-refractivity contribution >= 4 is 5.69 Å². The SMILES string of the molecule is Oc1ccccc1N[C@@H](c1nnc(-c2ccccc2)o1)c1ccccc1F. The summed E-state index contributed by atoms with van der Waals surface area (Å²) < 4.78 is 20.3. The van der Waals surface area contributed by atoms with Crippen molar-refractivity contribution in [1.82, 2.24) is 10.2 Å². The predicted molar refractivity (Wildman–Crippen MR) is 99.7 cm³/mol. The molecule has 2 N–H and O–H groups in total. The fourth-order valence-electron chi connectivity index (χ4n) is 2.78. The van der Waals surface area contributed by atoms with Crippen LogP contribution in [0.2, 0.25) is 0 Å². The lowest BCUT2D eigenvalue weighted by Crippen LogP contribution is -2.14. The van der Waals surface area contributed by atoms with E-state index in [9.17, 15) is 9.50 Å². The quantitative estimate of drug-likeness (QED) is 0.501. The van der Waals surface area contributed by atoms with Crippen LogP contribution < -0.4 is 5.32 Å². The molecule has 1 aromatic heterocycles. The lowest BCUT2D eigenvalue weighted by atomic mass is 10.1. The van der Waals surface area contributed by atoms with E-state index in [-0.39, 0.29) is 11.6 Å². The first-order valence-electron chi connectivity index (χ1n) is 8.40. The fraction of sp³-hybridized carbons (Fsp3) is 0.0476. The van der Waals surface area contributed by atoms with Gasteiger partial charge in [-0.25, -0.2) is 4.39 Å². The molecule has 5 nitrogen and oxygen atoms in total. The standard InChI is InChI=1S/C21H16FN3O2/c22-16-11-5-4-10-15(16)19(23-17-12-6-7-13-18(17)26)21-25-24-20(27-21)14-8-2-1-3-9-14/h1-13,19,23,26H/t19-/m1/s1. The molecular weight excluding hydrogens is 345 g/mol. The van der Waals surface area contributed by atoms with Gasteiger partial charge in [0, 0.05) is 11.1 Å². The van der Waals surface area contributed by atoms with Crippen LogP contribution in [0.15, 0.2) is 83.3 Å². The highest BCUT2D eigenvalue weighted by molar-refractivity contribution is 5.58. The Balaban J connectivity index is 1.76. The number of phenols is 1. The van der Waals surface area contributed by atoms with Gasteiger partial charge in [0.1, 0.15) is 17.6 Å². The Morgan fingerprint density at radius 2 is 1.56 bits per heavy atom. The molecule has 0 aliphatic rings. The third-order valence-electron chi connectivity index (χ3n) is 4.13. The Kier molecular flexibility index (Phi) is 4.53. The van der Waals surface area contributed by atoms with Crippen molar-refractivity contribution in [2.24, 2.45) is 0 Å². The van der Waals surface area contributed by atoms with Gasteiger partial charge in [-0.1, -0.05) is 48.5 Å². The van der Waals surface area contributed by atoms with Gasteiger partial charge in [-0.2, -0.15) is 0 Å². The van der Waals surface area contributed by atoms with Gasteiger partial charge in [0.25, 0.3) is 0 Å². The third kappa shape index (κ3) is 3.50. The number of hydrogen-bond donors (Lipinski definition) is 2. The molecule has 0 unspecified atom stereocenters. The first-order valence-corrected chi connectivity index (χ1v) is 8.40. The van der Waals surface area contributed by atoms with E-state index >= 15 is 0 Å². The molecule has 0 amide bonds. The molecule has 0 aliphatic heterocycles. The zero-order valence-corrected chi connectivity index (χ0v) is 14.2. The molecule has 0 aliphatic carbocycles. The van der Waals surface area contributed by atoms with Crippen molar-refractivity contribution in [3.63, 3.8) is 0 Å². The number of anilines is 1. The first-order chi connectivity index (χ1) is 13.2. The van der Waals surface area contributed by atoms with E-state index in [0.717, 1.165) is 5.56 Å². The molecule has 3 aromatic carbocycles. The van der Waals surface area contributed by atoms with Crippen molar-refractivity contribution in [2.75, 3.05) is 5.32 Å². The highest BCUT2D eigenvalue weighted by atomic mass is 19.1. The average molecular weight is 361 g/mol. The van der Waals surface area contributed by atoms with Gasteiger partial charge < -0.3 is 14.8 Å². The number of aromatic hydroxyl groups is 1. The highest BCUT2D eigenvalue weighted by Gasteiger charge is 2.25.